The minimum absolute atomic E-state index is 0.0149. The molecule has 1 fully saturated rings. The van der Waals surface area contributed by atoms with Crippen molar-refractivity contribution in [2.45, 2.75) is 30.5 Å². The number of rotatable bonds is 6. The molecule has 0 aliphatic carbocycles. The lowest BCUT2D eigenvalue weighted by molar-refractivity contribution is -0.113. The Kier molecular flexibility index (Phi) is 8.19. The topological polar surface area (TPSA) is 65.5 Å². The number of nitrogens with zero attached hydrogens (tertiary/aromatic N) is 3. The molecule has 6 nitrogen and oxygen atoms in total. The molecule has 4 rings (SSSR count). The van der Waals surface area contributed by atoms with E-state index in [1.807, 2.05) is 53.4 Å². The van der Waals surface area contributed by atoms with E-state index in [1.54, 1.807) is 11.3 Å². The standard InChI is InChI=1S/C26H29BrN4O2S2/c1-26(2,3)22-16-34-25(29-22)35-17-23(32)28-20-8-10-21(11-9-20)30-12-14-31(15-13-30)24(33)18-4-6-19(27)7-5-18/h4-11,16H,12-15,17H2,1-3H3,(H,28,32). The highest BCUT2D eigenvalue weighted by molar-refractivity contribution is 9.10. The van der Waals surface area contributed by atoms with E-state index in [0.29, 0.717) is 24.4 Å². The molecule has 0 spiro atoms. The average molecular weight is 574 g/mol. The lowest BCUT2D eigenvalue weighted by Crippen LogP contribution is -2.48. The number of carbonyl (C=O) groups is 2. The minimum atomic E-state index is -0.0460. The van der Waals surface area contributed by atoms with E-state index in [2.05, 4.69) is 57.3 Å². The first-order chi connectivity index (χ1) is 16.7. The summed E-state index contributed by atoms with van der Waals surface area (Å²) in [6, 6.07) is 15.4. The highest BCUT2D eigenvalue weighted by Crippen LogP contribution is 2.29. The van der Waals surface area contributed by atoms with E-state index in [-0.39, 0.29) is 17.2 Å². The van der Waals surface area contributed by atoms with E-state index in [4.69, 9.17) is 0 Å². The number of carbonyl (C=O) groups excluding carboxylic acids is 2. The first-order valence-electron chi connectivity index (χ1n) is 11.5. The van der Waals surface area contributed by atoms with Crippen LogP contribution in [0.25, 0.3) is 0 Å². The normalized spacial score (nSPS) is 14.2. The fourth-order valence-electron chi connectivity index (χ4n) is 3.69. The Morgan fingerprint density at radius 3 is 2.29 bits per heavy atom. The monoisotopic (exact) mass is 572 g/mol. The molecule has 9 heteroatoms. The number of hydrogen-bond donors (Lipinski definition) is 1. The number of piperazine rings is 1. The number of hydrogen-bond acceptors (Lipinski definition) is 6. The number of anilines is 2. The summed E-state index contributed by atoms with van der Waals surface area (Å²) in [5, 5.41) is 5.03. The van der Waals surface area contributed by atoms with Crippen LogP contribution < -0.4 is 10.2 Å². The van der Waals surface area contributed by atoms with Crippen LogP contribution >= 0.6 is 39.0 Å². The van der Waals surface area contributed by atoms with Crippen molar-refractivity contribution in [3.8, 4) is 0 Å². The molecule has 0 unspecified atom stereocenters. The van der Waals surface area contributed by atoms with Gasteiger partial charge in [0.25, 0.3) is 5.91 Å². The zero-order chi connectivity index (χ0) is 25.0. The number of halogens is 1. The van der Waals surface area contributed by atoms with Gasteiger partial charge in [-0.15, -0.1) is 11.3 Å². The second kappa shape index (κ2) is 11.1. The smallest absolute Gasteiger partial charge is 0.253 e. The van der Waals surface area contributed by atoms with Crippen molar-refractivity contribution in [2.24, 2.45) is 0 Å². The van der Waals surface area contributed by atoms with Crippen LogP contribution in [-0.4, -0.2) is 53.6 Å². The molecule has 184 valence electrons. The van der Waals surface area contributed by atoms with E-state index < -0.39 is 0 Å². The largest absolute Gasteiger partial charge is 0.368 e. The quantitative estimate of drug-likeness (QED) is 0.373. The molecular weight excluding hydrogens is 544 g/mol. The Labute approximate surface area is 223 Å². The van der Waals surface area contributed by atoms with Crippen LogP contribution in [0.3, 0.4) is 0 Å². The lowest BCUT2D eigenvalue weighted by Gasteiger charge is -2.36. The number of thioether (sulfide) groups is 1. The maximum absolute atomic E-state index is 12.7. The van der Waals surface area contributed by atoms with Crippen LogP contribution in [-0.2, 0) is 10.2 Å². The fraction of sp³-hybridized carbons (Fsp3) is 0.346. The first-order valence-corrected chi connectivity index (χ1v) is 14.1. The van der Waals surface area contributed by atoms with Gasteiger partial charge < -0.3 is 15.1 Å². The van der Waals surface area contributed by atoms with E-state index in [1.165, 1.54) is 11.8 Å². The average Bonchev–Trinajstić information content (AvgIpc) is 3.33. The van der Waals surface area contributed by atoms with E-state index >= 15 is 0 Å². The second-order valence-electron chi connectivity index (χ2n) is 9.42. The maximum atomic E-state index is 12.7. The molecule has 2 heterocycles. The SMILES string of the molecule is CC(C)(C)c1csc(SCC(=O)Nc2ccc(N3CCN(C(=O)c4ccc(Br)cc4)CC3)cc2)n1. The summed E-state index contributed by atoms with van der Waals surface area (Å²) in [6.07, 6.45) is 0. The zero-order valence-electron chi connectivity index (χ0n) is 20.1. The number of thiazole rings is 1. The van der Waals surface area contributed by atoms with Crippen molar-refractivity contribution in [1.82, 2.24) is 9.88 Å². The van der Waals surface area contributed by atoms with E-state index in [0.717, 1.165) is 39.0 Å². The highest BCUT2D eigenvalue weighted by atomic mass is 79.9. The molecule has 3 aromatic rings. The van der Waals surface area contributed by atoms with Gasteiger partial charge in [0.2, 0.25) is 5.91 Å². The molecule has 0 radical (unpaired) electrons. The molecule has 35 heavy (non-hydrogen) atoms. The van der Waals surface area contributed by atoms with Gasteiger partial charge in [-0.1, -0.05) is 48.5 Å². The molecule has 1 aliphatic rings. The van der Waals surface area contributed by atoms with Gasteiger partial charge in [-0.25, -0.2) is 4.98 Å². The Balaban J connectivity index is 1.24. The Morgan fingerprint density at radius 1 is 1.03 bits per heavy atom. The van der Waals surface area contributed by atoms with Gasteiger partial charge in [-0.2, -0.15) is 0 Å². The van der Waals surface area contributed by atoms with Gasteiger partial charge in [0.15, 0.2) is 4.34 Å². The van der Waals surface area contributed by atoms with Crippen molar-refractivity contribution in [1.29, 1.82) is 0 Å². The van der Waals surface area contributed by atoms with Crippen LogP contribution in [0.2, 0.25) is 0 Å². The zero-order valence-corrected chi connectivity index (χ0v) is 23.3. The van der Waals surface area contributed by atoms with Gasteiger partial charge in [0.1, 0.15) is 0 Å². The summed E-state index contributed by atoms with van der Waals surface area (Å²) >= 11 is 6.46. The summed E-state index contributed by atoms with van der Waals surface area (Å²) in [4.78, 5) is 33.9. The van der Waals surface area contributed by atoms with E-state index in [9.17, 15) is 9.59 Å². The summed E-state index contributed by atoms with van der Waals surface area (Å²) in [5.74, 6) is 0.350. The van der Waals surface area contributed by atoms with Gasteiger partial charge in [-0.05, 0) is 48.5 Å². The Morgan fingerprint density at radius 2 is 1.69 bits per heavy atom. The molecule has 0 atom stereocenters. The molecule has 1 N–H and O–H groups in total. The summed E-state index contributed by atoms with van der Waals surface area (Å²) in [6.45, 7) is 9.31. The van der Waals surface area contributed by atoms with Crippen molar-refractivity contribution >= 4 is 62.2 Å². The first kappa shape index (κ1) is 25.7. The summed E-state index contributed by atoms with van der Waals surface area (Å²) in [5.41, 5.74) is 3.65. The number of aromatic nitrogens is 1. The Hall–Kier alpha value is -2.36. The van der Waals surface area contributed by atoms with Gasteiger partial charge in [0, 0.05) is 58.4 Å². The Bertz CT molecular complexity index is 1170. The molecule has 0 saturated carbocycles. The highest BCUT2D eigenvalue weighted by Gasteiger charge is 2.22. The molecule has 1 aromatic heterocycles. The third-order valence-electron chi connectivity index (χ3n) is 5.75. The minimum Gasteiger partial charge on any atom is -0.368 e. The second-order valence-corrected chi connectivity index (χ2v) is 12.4. The van der Waals surface area contributed by atoms with Crippen LogP contribution in [0, 0.1) is 0 Å². The van der Waals surface area contributed by atoms with Crippen molar-refractivity contribution in [3.63, 3.8) is 0 Å². The van der Waals surface area contributed by atoms with Gasteiger partial charge in [0.05, 0.1) is 11.4 Å². The molecule has 0 bridgehead atoms. The predicted molar refractivity (Wildman–Crippen MR) is 149 cm³/mol. The third-order valence-corrected chi connectivity index (χ3v) is 8.30. The number of nitrogens with one attached hydrogen (secondary N) is 1. The fourth-order valence-corrected chi connectivity index (χ4v) is 5.81. The summed E-state index contributed by atoms with van der Waals surface area (Å²) in [7, 11) is 0. The van der Waals surface area contributed by atoms with Crippen molar-refractivity contribution in [2.75, 3.05) is 42.1 Å². The molecular formula is C26H29BrN4O2S2. The molecule has 1 saturated heterocycles. The molecule has 2 amide bonds. The predicted octanol–water partition coefficient (Wildman–Crippen LogP) is 5.90. The molecule has 1 aliphatic heterocycles. The van der Waals surface area contributed by atoms with Crippen LogP contribution in [0.5, 0.6) is 0 Å². The maximum Gasteiger partial charge on any atom is 0.253 e. The number of benzene rings is 2. The molecule has 2 aromatic carbocycles. The lowest BCUT2D eigenvalue weighted by atomic mass is 9.93. The third kappa shape index (κ3) is 6.86. The summed E-state index contributed by atoms with van der Waals surface area (Å²) < 4.78 is 1.88. The van der Waals surface area contributed by atoms with Crippen LogP contribution in [0.15, 0.2) is 62.7 Å². The van der Waals surface area contributed by atoms with Gasteiger partial charge in [-0.3, -0.25) is 9.59 Å². The van der Waals surface area contributed by atoms with Crippen LogP contribution in [0.1, 0.15) is 36.8 Å². The van der Waals surface area contributed by atoms with Crippen LogP contribution in [0.4, 0.5) is 11.4 Å². The number of amides is 2. The van der Waals surface area contributed by atoms with Crippen molar-refractivity contribution < 1.29 is 9.59 Å². The van der Waals surface area contributed by atoms with Crippen molar-refractivity contribution in [3.05, 3.63) is 69.6 Å². The van der Waals surface area contributed by atoms with Gasteiger partial charge >= 0.3 is 0 Å².